The predicted molar refractivity (Wildman–Crippen MR) is 108 cm³/mol. The number of nitrogens with zero attached hydrogens (tertiary/aromatic N) is 1. The van der Waals surface area contributed by atoms with Crippen molar-refractivity contribution in [2.45, 2.75) is 6.42 Å². The first-order valence-corrected chi connectivity index (χ1v) is 9.48. The van der Waals surface area contributed by atoms with Crippen LogP contribution in [0.3, 0.4) is 0 Å². The van der Waals surface area contributed by atoms with E-state index < -0.39 is 5.82 Å². The van der Waals surface area contributed by atoms with Crippen LogP contribution >= 0.6 is 22.9 Å². The third-order valence-corrected chi connectivity index (χ3v) is 5.43. The van der Waals surface area contributed by atoms with Gasteiger partial charge in [0.2, 0.25) is 0 Å². The molecule has 0 bridgehead atoms. The van der Waals surface area contributed by atoms with Crippen LogP contribution in [-0.4, -0.2) is 10.9 Å². The zero-order valence-electron chi connectivity index (χ0n) is 14.1. The van der Waals surface area contributed by atoms with E-state index in [4.69, 9.17) is 11.6 Å². The van der Waals surface area contributed by atoms with Gasteiger partial charge >= 0.3 is 0 Å². The highest BCUT2D eigenvalue weighted by Gasteiger charge is 2.11. The molecule has 3 nitrogen and oxygen atoms in total. The number of thiazole rings is 1. The number of carbonyl (C=O) groups is 1. The van der Waals surface area contributed by atoms with E-state index in [1.165, 1.54) is 16.8 Å². The fraction of sp³-hybridized carbons (Fsp3) is 0.0476. The van der Waals surface area contributed by atoms with Gasteiger partial charge in [-0.3, -0.25) is 4.79 Å². The Balaban J connectivity index is 1.46. The van der Waals surface area contributed by atoms with Gasteiger partial charge in [-0.05, 0) is 48.0 Å². The lowest BCUT2D eigenvalue weighted by molar-refractivity contribution is 0.102. The molecule has 0 aliphatic carbocycles. The van der Waals surface area contributed by atoms with Crippen LogP contribution in [0.1, 0.15) is 20.9 Å². The summed E-state index contributed by atoms with van der Waals surface area (Å²) in [5, 5.41) is 3.90. The second-order valence-electron chi connectivity index (χ2n) is 6.03. The van der Waals surface area contributed by atoms with E-state index in [0.717, 1.165) is 28.6 Å². The predicted octanol–water partition coefficient (Wildman–Crippen LogP) is 5.93. The molecule has 6 heteroatoms. The van der Waals surface area contributed by atoms with Crippen molar-refractivity contribution in [2.75, 3.05) is 5.32 Å². The zero-order valence-corrected chi connectivity index (χ0v) is 15.7. The molecule has 27 heavy (non-hydrogen) atoms. The van der Waals surface area contributed by atoms with Gasteiger partial charge in [0, 0.05) is 12.1 Å². The van der Waals surface area contributed by atoms with Gasteiger partial charge in [-0.2, -0.15) is 0 Å². The molecule has 0 fully saturated rings. The molecule has 0 spiro atoms. The third-order valence-electron chi connectivity index (χ3n) is 4.08. The zero-order chi connectivity index (χ0) is 18.8. The van der Waals surface area contributed by atoms with Crippen LogP contribution in [-0.2, 0) is 6.42 Å². The van der Waals surface area contributed by atoms with Crippen molar-refractivity contribution < 1.29 is 9.18 Å². The van der Waals surface area contributed by atoms with Crippen molar-refractivity contribution >= 4 is 44.7 Å². The number of aromatic nitrogens is 1. The Morgan fingerprint density at radius 2 is 1.85 bits per heavy atom. The Kier molecular flexibility index (Phi) is 4.88. The first-order chi connectivity index (χ1) is 13.1. The summed E-state index contributed by atoms with van der Waals surface area (Å²) in [6, 6.07) is 19.3. The molecule has 0 atom stereocenters. The minimum Gasteiger partial charge on any atom is -0.322 e. The molecule has 1 heterocycles. The van der Waals surface area contributed by atoms with Crippen molar-refractivity contribution in [1.29, 1.82) is 0 Å². The molecule has 1 amide bonds. The van der Waals surface area contributed by atoms with Crippen LogP contribution in [0.25, 0.3) is 10.2 Å². The van der Waals surface area contributed by atoms with E-state index in [-0.39, 0.29) is 16.5 Å². The van der Waals surface area contributed by atoms with Crippen LogP contribution in [0, 0.1) is 5.82 Å². The highest BCUT2D eigenvalue weighted by molar-refractivity contribution is 7.18. The van der Waals surface area contributed by atoms with Gasteiger partial charge in [0.25, 0.3) is 5.91 Å². The van der Waals surface area contributed by atoms with Crippen molar-refractivity contribution in [2.24, 2.45) is 0 Å². The lowest BCUT2D eigenvalue weighted by atomic mass is 10.1. The van der Waals surface area contributed by atoms with Gasteiger partial charge in [-0.1, -0.05) is 35.9 Å². The van der Waals surface area contributed by atoms with Crippen molar-refractivity contribution in [3.05, 3.63) is 93.7 Å². The molecule has 4 rings (SSSR count). The summed E-state index contributed by atoms with van der Waals surface area (Å²) in [5.41, 5.74) is 2.99. The highest BCUT2D eigenvalue weighted by atomic mass is 35.5. The fourth-order valence-electron chi connectivity index (χ4n) is 2.75. The van der Waals surface area contributed by atoms with Crippen LogP contribution in [0.4, 0.5) is 10.1 Å². The maximum absolute atomic E-state index is 13.1. The normalized spacial score (nSPS) is 10.9. The molecular formula is C21H14ClFN2OS. The minimum absolute atomic E-state index is 0.0833. The Hall–Kier alpha value is -2.76. The second-order valence-corrected chi connectivity index (χ2v) is 7.55. The topological polar surface area (TPSA) is 42.0 Å². The quantitative estimate of drug-likeness (QED) is 0.464. The number of amides is 1. The Bertz CT molecular complexity index is 1090. The molecule has 0 aliphatic heterocycles. The first-order valence-electron chi connectivity index (χ1n) is 8.28. The summed E-state index contributed by atoms with van der Waals surface area (Å²) in [6.45, 7) is 0. The molecule has 0 unspecified atom stereocenters. The number of hydrogen-bond donors (Lipinski definition) is 1. The number of para-hydroxylation sites is 1. The SMILES string of the molecule is O=C(Nc1ccc(Cc2nc3ccccc3s2)cc1)c1ccc(F)cc1Cl. The van der Waals surface area contributed by atoms with Gasteiger partial charge < -0.3 is 5.32 Å². The number of rotatable bonds is 4. The molecule has 0 aliphatic rings. The van der Waals surface area contributed by atoms with E-state index in [2.05, 4.69) is 16.4 Å². The maximum Gasteiger partial charge on any atom is 0.257 e. The number of hydrogen-bond acceptors (Lipinski definition) is 3. The standard InChI is InChI=1S/C21H14ClFN2OS/c22-17-12-14(23)7-10-16(17)21(26)24-15-8-5-13(6-9-15)11-20-25-18-3-1-2-4-19(18)27-20/h1-10,12H,11H2,(H,24,26). The average molecular weight is 397 g/mol. The van der Waals surface area contributed by atoms with Gasteiger partial charge in [-0.25, -0.2) is 9.37 Å². The molecule has 3 aromatic carbocycles. The second kappa shape index (κ2) is 7.47. The molecular weight excluding hydrogens is 383 g/mol. The molecule has 0 saturated heterocycles. The summed E-state index contributed by atoms with van der Waals surface area (Å²) in [7, 11) is 0. The Labute approximate surface area is 164 Å². The number of halogens is 2. The summed E-state index contributed by atoms with van der Waals surface area (Å²) in [6.07, 6.45) is 0.733. The smallest absolute Gasteiger partial charge is 0.257 e. The van der Waals surface area contributed by atoms with Gasteiger partial charge in [0.05, 0.1) is 25.8 Å². The molecule has 1 N–H and O–H groups in total. The number of fused-ring (bicyclic) bond motifs is 1. The van der Waals surface area contributed by atoms with Gasteiger partial charge in [-0.15, -0.1) is 11.3 Å². The Morgan fingerprint density at radius 1 is 1.07 bits per heavy atom. The van der Waals surface area contributed by atoms with Gasteiger partial charge in [0.1, 0.15) is 5.82 Å². The largest absolute Gasteiger partial charge is 0.322 e. The van der Waals surface area contributed by atoms with Crippen LogP contribution in [0.15, 0.2) is 66.7 Å². The van der Waals surface area contributed by atoms with E-state index in [1.807, 2.05) is 42.5 Å². The average Bonchev–Trinajstić information content (AvgIpc) is 3.05. The van der Waals surface area contributed by atoms with Gasteiger partial charge in [0.15, 0.2) is 0 Å². The molecule has 134 valence electrons. The highest BCUT2D eigenvalue weighted by Crippen LogP contribution is 2.24. The van der Waals surface area contributed by atoms with Crippen LogP contribution in [0.2, 0.25) is 5.02 Å². The summed E-state index contributed by atoms with van der Waals surface area (Å²) < 4.78 is 14.3. The third kappa shape index (κ3) is 3.99. The number of anilines is 1. The lowest BCUT2D eigenvalue weighted by Gasteiger charge is -2.07. The van der Waals surface area contributed by atoms with Crippen LogP contribution in [0.5, 0.6) is 0 Å². The molecule has 4 aromatic rings. The first kappa shape index (κ1) is 17.6. The summed E-state index contributed by atoms with van der Waals surface area (Å²) >= 11 is 7.61. The maximum atomic E-state index is 13.1. The summed E-state index contributed by atoms with van der Waals surface area (Å²) in [5.74, 6) is -0.852. The summed E-state index contributed by atoms with van der Waals surface area (Å²) in [4.78, 5) is 16.9. The van der Waals surface area contributed by atoms with Crippen molar-refractivity contribution in [3.8, 4) is 0 Å². The fourth-order valence-corrected chi connectivity index (χ4v) is 4.00. The molecule has 0 radical (unpaired) electrons. The van der Waals surface area contributed by atoms with E-state index in [9.17, 15) is 9.18 Å². The molecule has 0 saturated carbocycles. The molecule has 1 aromatic heterocycles. The Morgan fingerprint density at radius 3 is 2.59 bits per heavy atom. The van der Waals surface area contributed by atoms with E-state index in [1.54, 1.807) is 11.3 Å². The van der Waals surface area contributed by atoms with E-state index in [0.29, 0.717) is 5.69 Å². The number of benzene rings is 3. The number of carbonyl (C=O) groups excluding carboxylic acids is 1. The van der Waals surface area contributed by atoms with Crippen molar-refractivity contribution in [3.63, 3.8) is 0 Å². The number of nitrogens with one attached hydrogen (secondary N) is 1. The van der Waals surface area contributed by atoms with Crippen molar-refractivity contribution in [1.82, 2.24) is 4.98 Å². The van der Waals surface area contributed by atoms with Crippen LogP contribution < -0.4 is 5.32 Å². The van der Waals surface area contributed by atoms with E-state index >= 15 is 0 Å². The monoisotopic (exact) mass is 396 g/mol. The lowest BCUT2D eigenvalue weighted by Crippen LogP contribution is -2.12. The minimum atomic E-state index is -0.476.